The number of aromatic nitrogens is 6. The highest BCUT2D eigenvalue weighted by Gasteiger charge is 2.24. The molecule has 1 aliphatic carbocycles. The summed E-state index contributed by atoms with van der Waals surface area (Å²) in [7, 11) is 1.96. The third-order valence-corrected chi connectivity index (χ3v) is 4.87. The van der Waals surface area contributed by atoms with Crippen LogP contribution >= 0.6 is 0 Å². The minimum absolute atomic E-state index is 0.0998. The lowest BCUT2D eigenvalue weighted by atomic mass is 9.91. The lowest BCUT2D eigenvalue weighted by Gasteiger charge is -2.28. The van der Waals surface area contributed by atoms with E-state index in [1.54, 1.807) is 18.7 Å². The highest BCUT2D eigenvalue weighted by atomic mass is 16.2. The van der Waals surface area contributed by atoms with Crippen molar-refractivity contribution in [3.63, 3.8) is 0 Å². The van der Waals surface area contributed by atoms with Crippen molar-refractivity contribution in [2.45, 2.75) is 37.8 Å². The number of carbonyl (C=O) groups excluding carboxylic acids is 1. The minimum atomic E-state index is -0.0998. The number of carbonyl (C=O) groups is 1. The van der Waals surface area contributed by atoms with Gasteiger partial charge in [0.25, 0.3) is 5.91 Å². The fourth-order valence-corrected chi connectivity index (χ4v) is 3.45. The first-order chi connectivity index (χ1) is 12.2. The molecule has 1 fully saturated rings. The average molecular weight is 339 g/mol. The van der Waals surface area contributed by atoms with Crippen molar-refractivity contribution in [1.29, 1.82) is 0 Å². The van der Waals surface area contributed by atoms with Gasteiger partial charge in [-0.05, 0) is 43.9 Å². The van der Waals surface area contributed by atoms with E-state index < -0.39 is 0 Å². The van der Waals surface area contributed by atoms with E-state index in [1.165, 1.54) is 0 Å². The second kappa shape index (κ2) is 6.54. The number of nitrogens with zero attached hydrogens (tertiary/aromatic N) is 5. The molecule has 3 aromatic rings. The number of aromatic amines is 1. The summed E-state index contributed by atoms with van der Waals surface area (Å²) in [6.45, 7) is 0. The maximum atomic E-state index is 12.5. The Labute approximate surface area is 145 Å². The van der Waals surface area contributed by atoms with E-state index in [9.17, 15) is 4.79 Å². The molecule has 0 saturated heterocycles. The van der Waals surface area contributed by atoms with Crippen LogP contribution in [0.3, 0.4) is 0 Å². The molecule has 0 bridgehead atoms. The quantitative estimate of drug-likeness (QED) is 0.759. The molecule has 1 saturated carbocycles. The molecule has 8 heteroatoms. The highest BCUT2D eigenvalue weighted by molar-refractivity contribution is 5.93. The summed E-state index contributed by atoms with van der Waals surface area (Å²) < 4.78 is 3.89. The molecule has 8 nitrogen and oxygen atoms in total. The minimum Gasteiger partial charge on any atom is -0.349 e. The van der Waals surface area contributed by atoms with Gasteiger partial charge in [-0.25, -0.2) is 9.67 Å². The first-order valence-corrected chi connectivity index (χ1v) is 8.53. The SMILES string of the molecule is Cn1cccc1-c1cc(C(=O)NC2CCC(n3cncn3)CC2)[nH]n1. The third-order valence-electron chi connectivity index (χ3n) is 4.87. The molecule has 0 aliphatic heterocycles. The molecule has 2 N–H and O–H groups in total. The predicted octanol–water partition coefficient (Wildman–Crippen LogP) is 1.92. The van der Waals surface area contributed by atoms with Crippen LogP contribution in [0, 0.1) is 0 Å². The lowest BCUT2D eigenvalue weighted by molar-refractivity contribution is 0.0916. The molecule has 0 aromatic carbocycles. The Morgan fingerprint density at radius 1 is 1.32 bits per heavy atom. The molecular weight excluding hydrogens is 318 g/mol. The zero-order chi connectivity index (χ0) is 17.2. The Morgan fingerprint density at radius 3 is 2.84 bits per heavy atom. The molecule has 1 aliphatic rings. The predicted molar refractivity (Wildman–Crippen MR) is 91.8 cm³/mol. The summed E-state index contributed by atoms with van der Waals surface area (Å²) in [5, 5.41) is 14.4. The van der Waals surface area contributed by atoms with E-state index in [-0.39, 0.29) is 11.9 Å². The second-order valence-electron chi connectivity index (χ2n) is 6.53. The Morgan fingerprint density at radius 2 is 2.16 bits per heavy atom. The zero-order valence-electron chi connectivity index (χ0n) is 14.1. The maximum Gasteiger partial charge on any atom is 0.269 e. The maximum absolute atomic E-state index is 12.5. The van der Waals surface area contributed by atoms with Crippen LogP contribution in [0.1, 0.15) is 42.2 Å². The van der Waals surface area contributed by atoms with Crippen LogP contribution in [0.5, 0.6) is 0 Å². The van der Waals surface area contributed by atoms with Crippen molar-refractivity contribution in [2.24, 2.45) is 7.05 Å². The first kappa shape index (κ1) is 15.6. The molecule has 130 valence electrons. The van der Waals surface area contributed by atoms with Crippen molar-refractivity contribution in [3.8, 4) is 11.4 Å². The Bertz CT molecular complexity index is 840. The van der Waals surface area contributed by atoms with Crippen molar-refractivity contribution in [3.05, 3.63) is 42.7 Å². The molecule has 4 rings (SSSR count). The smallest absolute Gasteiger partial charge is 0.269 e. The first-order valence-electron chi connectivity index (χ1n) is 8.53. The topological polar surface area (TPSA) is 93.4 Å². The van der Waals surface area contributed by atoms with Crippen molar-refractivity contribution in [2.75, 3.05) is 0 Å². The van der Waals surface area contributed by atoms with Gasteiger partial charge < -0.3 is 9.88 Å². The summed E-state index contributed by atoms with van der Waals surface area (Å²) in [6.07, 6.45) is 9.15. The fraction of sp³-hybridized carbons (Fsp3) is 0.412. The van der Waals surface area contributed by atoms with E-state index in [0.717, 1.165) is 37.1 Å². The van der Waals surface area contributed by atoms with Gasteiger partial charge in [0, 0.05) is 19.3 Å². The highest BCUT2D eigenvalue weighted by Crippen LogP contribution is 2.27. The van der Waals surface area contributed by atoms with Crippen molar-refractivity contribution < 1.29 is 4.79 Å². The van der Waals surface area contributed by atoms with Crippen LogP contribution in [-0.2, 0) is 7.05 Å². The number of nitrogens with one attached hydrogen (secondary N) is 2. The van der Waals surface area contributed by atoms with Gasteiger partial charge in [0.05, 0.1) is 11.7 Å². The largest absolute Gasteiger partial charge is 0.349 e. The van der Waals surface area contributed by atoms with Crippen LogP contribution in [0.2, 0.25) is 0 Å². The van der Waals surface area contributed by atoms with Gasteiger partial charge in [-0.2, -0.15) is 10.2 Å². The van der Waals surface area contributed by atoms with Crippen molar-refractivity contribution in [1.82, 2.24) is 34.8 Å². The van der Waals surface area contributed by atoms with Crippen LogP contribution in [0.25, 0.3) is 11.4 Å². The second-order valence-corrected chi connectivity index (χ2v) is 6.53. The Hall–Kier alpha value is -2.90. The summed E-state index contributed by atoms with van der Waals surface area (Å²) in [5.41, 5.74) is 2.24. The third kappa shape index (κ3) is 3.19. The van der Waals surface area contributed by atoms with Gasteiger partial charge in [-0.3, -0.25) is 9.89 Å². The van der Waals surface area contributed by atoms with Gasteiger partial charge >= 0.3 is 0 Å². The lowest BCUT2D eigenvalue weighted by Crippen LogP contribution is -2.38. The van der Waals surface area contributed by atoms with Crippen molar-refractivity contribution >= 4 is 5.91 Å². The Kier molecular flexibility index (Phi) is 4.09. The van der Waals surface area contributed by atoms with E-state index in [2.05, 4.69) is 25.6 Å². The average Bonchev–Trinajstić information content (AvgIpc) is 3.37. The van der Waals surface area contributed by atoms with Gasteiger partial charge in [-0.1, -0.05) is 0 Å². The summed E-state index contributed by atoms with van der Waals surface area (Å²) in [6, 6.07) is 6.30. The standard InChI is InChI=1S/C17H21N7O/c1-23-8-2-3-16(23)14-9-15(22-21-14)17(25)20-12-4-6-13(7-5-12)24-11-18-10-19-24/h2-3,8-13H,4-7H2,1H3,(H,20,25)(H,21,22). The number of hydrogen-bond donors (Lipinski definition) is 2. The van der Waals surface area contributed by atoms with E-state index in [4.69, 9.17) is 0 Å². The Balaban J connectivity index is 1.35. The van der Waals surface area contributed by atoms with Crippen LogP contribution < -0.4 is 5.32 Å². The van der Waals surface area contributed by atoms with Gasteiger partial charge in [0.15, 0.2) is 0 Å². The number of aryl methyl sites for hydroxylation is 1. The van der Waals surface area contributed by atoms with Gasteiger partial charge in [0.2, 0.25) is 0 Å². The molecule has 0 radical (unpaired) electrons. The van der Waals surface area contributed by atoms with Gasteiger partial charge in [0.1, 0.15) is 24.0 Å². The number of amides is 1. The number of hydrogen-bond acceptors (Lipinski definition) is 4. The molecular formula is C17H21N7O. The van der Waals surface area contributed by atoms with Gasteiger partial charge in [-0.15, -0.1) is 0 Å². The summed E-state index contributed by atoms with van der Waals surface area (Å²) in [4.78, 5) is 16.5. The molecule has 1 amide bonds. The molecule has 0 atom stereocenters. The fourth-order valence-electron chi connectivity index (χ4n) is 3.45. The number of H-pyrrole nitrogens is 1. The molecule has 0 unspecified atom stereocenters. The van der Waals surface area contributed by atoms with E-state index >= 15 is 0 Å². The zero-order valence-corrected chi connectivity index (χ0v) is 14.1. The van der Waals surface area contributed by atoms with Crippen LogP contribution in [0.15, 0.2) is 37.1 Å². The summed E-state index contributed by atoms with van der Waals surface area (Å²) in [5.74, 6) is -0.0998. The molecule has 3 heterocycles. The summed E-state index contributed by atoms with van der Waals surface area (Å²) >= 11 is 0. The monoisotopic (exact) mass is 339 g/mol. The number of rotatable bonds is 4. The molecule has 25 heavy (non-hydrogen) atoms. The van der Waals surface area contributed by atoms with Crippen LogP contribution in [0.4, 0.5) is 0 Å². The normalized spacial score (nSPS) is 20.5. The van der Waals surface area contributed by atoms with E-state index in [0.29, 0.717) is 11.7 Å². The molecule has 0 spiro atoms. The molecule has 3 aromatic heterocycles. The van der Waals surface area contributed by atoms with E-state index in [1.807, 2.05) is 34.6 Å². The van der Waals surface area contributed by atoms with Crippen LogP contribution in [-0.4, -0.2) is 41.5 Å².